The van der Waals surface area contributed by atoms with Crippen LogP contribution in [-0.4, -0.2) is 0 Å². The normalized spacial score (nSPS) is 10.3. The molecule has 0 atom stereocenters. The summed E-state index contributed by atoms with van der Waals surface area (Å²) in [6.45, 7) is 1.98. The molecule has 4 heteroatoms. The molecule has 0 spiro atoms. The van der Waals surface area contributed by atoms with E-state index in [4.69, 9.17) is 5.73 Å². The van der Waals surface area contributed by atoms with Gasteiger partial charge in [-0.1, -0.05) is 15.9 Å². The van der Waals surface area contributed by atoms with Crippen molar-refractivity contribution in [3.05, 3.63) is 52.3 Å². The summed E-state index contributed by atoms with van der Waals surface area (Å²) in [5.74, 6) is -0.345. The van der Waals surface area contributed by atoms with Crippen molar-refractivity contribution in [3.63, 3.8) is 0 Å². The molecular weight excluding hydrogens is 283 g/mol. The van der Waals surface area contributed by atoms with Gasteiger partial charge in [0.25, 0.3) is 0 Å². The van der Waals surface area contributed by atoms with Gasteiger partial charge in [0.05, 0.1) is 0 Å². The molecule has 3 N–H and O–H groups in total. The van der Waals surface area contributed by atoms with Crippen LogP contribution in [0.25, 0.3) is 0 Å². The molecule has 0 aliphatic carbocycles. The van der Waals surface area contributed by atoms with Gasteiger partial charge in [0.1, 0.15) is 5.82 Å². The fraction of sp³-hybridized carbons (Fsp3) is 0.0769. The standard InChI is InChI=1S/C13H12BrFN2/c1-8-4-9(14)2-3-13(8)17-12-6-10(15)5-11(16)7-12/h2-7,17H,16H2,1H3. The molecule has 0 aliphatic heterocycles. The Kier molecular flexibility index (Phi) is 3.33. The molecule has 0 saturated carbocycles. The molecular formula is C13H12BrFN2. The van der Waals surface area contributed by atoms with E-state index in [9.17, 15) is 4.39 Å². The second kappa shape index (κ2) is 4.75. The number of rotatable bonds is 2. The molecule has 0 bridgehead atoms. The van der Waals surface area contributed by atoms with Gasteiger partial charge in [0.2, 0.25) is 0 Å². The highest BCUT2D eigenvalue weighted by molar-refractivity contribution is 9.10. The summed E-state index contributed by atoms with van der Waals surface area (Å²) in [6.07, 6.45) is 0. The van der Waals surface area contributed by atoms with E-state index in [0.29, 0.717) is 11.4 Å². The summed E-state index contributed by atoms with van der Waals surface area (Å²) in [6, 6.07) is 10.3. The van der Waals surface area contributed by atoms with Crippen molar-refractivity contribution in [2.45, 2.75) is 6.92 Å². The van der Waals surface area contributed by atoms with Gasteiger partial charge < -0.3 is 11.1 Å². The number of aryl methyl sites for hydroxylation is 1. The maximum absolute atomic E-state index is 13.2. The minimum Gasteiger partial charge on any atom is -0.399 e. The molecule has 0 aromatic heterocycles. The van der Waals surface area contributed by atoms with Gasteiger partial charge in [-0.15, -0.1) is 0 Å². The Morgan fingerprint density at radius 1 is 1.18 bits per heavy atom. The fourth-order valence-corrected chi connectivity index (χ4v) is 2.08. The van der Waals surface area contributed by atoms with Crippen LogP contribution in [0.1, 0.15) is 5.56 Å². The summed E-state index contributed by atoms with van der Waals surface area (Å²) < 4.78 is 14.2. The van der Waals surface area contributed by atoms with Gasteiger partial charge in [-0.05, 0) is 48.9 Å². The lowest BCUT2D eigenvalue weighted by atomic mass is 10.2. The van der Waals surface area contributed by atoms with Crippen molar-refractivity contribution < 1.29 is 4.39 Å². The molecule has 0 unspecified atom stereocenters. The fourth-order valence-electron chi connectivity index (χ4n) is 1.61. The third kappa shape index (κ3) is 2.97. The van der Waals surface area contributed by atoms with E-state index in [-0.39, 0.29) is 5.82 Å². The van der Waals surface area contributed by atoms with E-state index in [2.05, 4.69) is 21.2 Å². The average Bonchev–Trinajstić information content (AvgIpc) is 2.21. The van der Waals surface area contributed by atoms with Crippen molar-refractivity contribution in [1.82, 2.24) is 0 Å². The molecule has 0 heterocycles. The number of halogens is 2. The predicted molar refractivity (Wildman–Crippen MR) is 73.0 cm³/mol. The van der Waals surface area contributed by atoms with Crippen LogP contribution in [0.15, 0.2) is 40.9 Å². The van der Waals surface area contributed by atoms with Gasteiger partial charge in [-0.2, -0.15) is 0 Å². The summed E-state index contributed by atoms with van der Waals surface area (Å²) in [4.78, 5) is 0. The van der Waals surface area contributed by atoms with Gasteiger partial charge in [-0.25, -0.2) is 4.39 Å². The minimum atomic E-state index is -0.345. The van der Waals surface area contributed by atoms with Crippen LogP contribution >= 0.6 is 15.9 Å². The first-order valence-corrected chi connectivity index (χ1v) is 5.93. The van der Waals surface area contributed by atoms with Crippen LogP contribution in [0, 0.1) is 12.7 Å². The maximum atomic E-state index is 13.2. The lowest BCUT2D eigenvalue weighted by Crippen LogP contribution is -1.95. The Labute approximate surface area is 108 Å². The molecule has 2 aromatic rings. The first kappa shape index (κ1) is 11.9. The van der Waals surface area contributed by atoms with Gasteiger partial charge in [-0.3, -0.25) is 0 Å². The third-order valence-electron chi connectivity index (χ3n) is 2.39. The first-order valence-electron chi connectivity index (χ1n) is 5.14. The van der Waals surface area contributed by atoms with Gasteiger partial charge in [0, 0.05) is 21.5 Å². The number of nitrogen functional groups attached to an aromatic ring is 1. The highest BCUT2D eigenvalue weighted by Gasteiger charge is 2.02. The van der Waals surface area contributed by atoms with E-state index < -0.39 is 0 Å². The molecule has 2 aromatic carbocycles. The summed E-state index contributed by atoms with van der Waals surface area (Å²) >= 11 is 3.40. The average molecular weight is 295 g/mol. The Morgan fingerprint density at radius 3 is 2.59 bits per heavy atom. The Morgan fingerprint density at radius 2 is 1.94 bits per heavy atom. The molecule has 0 radical (unpaired) electrons. The van der Waals surface area contributed by atoms with Crippen LogP contribution in [0.2, 0.25) is 0 Å². The highest BCUT2D eigenvalue weighted by atomic mass is 79.9. The van der Waals surface area contributed by atoms with E-state index in [0.717, 1.165) is 15.7 Å². The van der Waals surface area contributed by atoms with Gasteiger partial charge >= 0.3 is 0 Å². The summed E-state index contributed by atoms with van der Waals surface area (Å²) in [7, 11) is 0. The number of nitrogens with two attached hydrogens (primary N) is 1. The molecule has 2 nitrogen and oxygen atoms in total. The quantitative estimate of drug-likeness (QED) is 0.814. The number of hydrogen-bond acceptors (Lipinski definition) is 2. The maximum Gasteiger partial charge on any atom is 0.127 e. The molecule has 88 valence electrons. The molecule has 0 fully saturated rings. The van der Waals surface area contributed by atoms with Crippen LogP contribution in [-0.2, 0) is 0 Å². The SMILES string of the molecule is Cc1cc(Br)ccc1Nc1cc(N)cc(F)c1. The van der Waals surface area contributed by atoms with Crippen LogP contribution in [0.4, 0.5) is 21.5 Å². The topological polar surface area (TPSA) is 38.0 Å². The Hall–Kier alpha value is -1.55. The van der Waals surface area contributed by atoms with Crippen LogP contribution < -0.4 is 11.1 Å². The second-order valence-corrected chi connectivity index (χ2v) is 4.77. The van der Waals surface area contributed by atoms with Crippen molar-refractivity contribution >= 4 is 33.0 Å². The van der Waals surface area contributed by atoms with Crippen molar-refractivity contribution in [2.75, 3.05) is 11.1 Å². The lowest BCUT2D eigenvalue weighted by Gasteiger charge is -2.10. The molecule has 0 saturated heterocycles. The monoisotopic (exact) mass is 294 g/mol. The third-order valence-corrected chi connectivity index (χ3v) is 2.88. The van der Waals surface area contributed by atoms with Gasteiger partial charge in [0.15, 0.2) is 0 Å². The number of benzene rings is 2. The number of nitrogens with one attached hydrogen (secondary N) is 1. The Bertz CT molecular complexity index is 535. The van der Waals surface area contributed by atoms with E-state index in [1.54, 1.807) is 6.07 Å². The predicted octanol–water partition coefficient (Wildman–Crippen LogP) is 4.22. The molecule has 0 amide bonds. The molecule has 2 rings (SSSR count). The summed E-state index contributed by atoms with van der Waals surface area (Å²) in [5.41, 5.74) is 8.64. The smallest absolute Gasteiger partial charge is 0.127 e. The van der Waals surface area contributed by atoms with Crippen molar-refractivity contribution in [3.8, 4) is 0 Å². The zero-order valence-corrected chi connectivity index (χ0v) is 10.9. The first-order chi connectivity index (χ1) is 8.04. The van der Waals surface area contributed by atoms with Crippen LogP contribution in [0.5, 0.6) is 0 Å². The zero-order chi connectivity index (χ0) is 12.4. The zero-order valence-electron chi connectivity index (χ0n) is 9.30. The van der Waals surface area contributed by atoms with Crippen LogP contribution in [0.3, 0.4) is 0 Å². The largest absolute Gasteiger partial charge is 0.399 e. The molecule has 0 aliphatic rings. The molecule has 17 heavy (non-hydrogen) atoms. The van der Waals surface area contributed by atoms with Crippen molar-refractivity contribution in [2.24, 2.45) is 0 Å². The summed E-state index contributed by atoms with van der Waals surface area (Å²) in [5, 5.41) is 3.14. The van der Waals surface area contributed by atoms with E-state index >= 15 is 0 Å². The lowest BCUT2D eigenvalue weighted by molar-refractivity contribution is 0.629. The van der Waals surface area contributed by atoms with E-state index in [1.807, 2.05) is 25.1 Å². The number of anilines is 3. The minimum absolute atomic E-state index is 0.345. The Balaban J connectivity index is 2.31. The second-order valence-electron chi connectivity index (χ2n) is 3.86. The number of hydrogen-bond donors (Lipinski definition) is 2. The van der Waals surface area contributed by atoms with E-state index in [1.165, 1.54) is 12.1 Å². The highest BCUT2D eigenvalue weighted by Crippen LogP contribution is 2.25. The van der Waals surface area contributed by atoms with Crippen molar-refractivity contribution in [1.29, 1.82) is 0 Å².